The Balaban J connectivity index is 1.94. The molecule has 2 amide bonds. The minimum Gasteiger partial charge on any atom is -0.393 e. The molecule has 2 aliphatic rings. The lowest BCUT2D eigenvalue weighted by Crippen LogP contribution is -2.44. The monoisotopic (exact) mass is 283 g/mol. The summed E-state index contributed by atoms with van der Waals surface area (Å²) in [5, 5.41) is 22.9. The van der Waals surface area contributed by atoms with Crippen LogP contribution in [-0.4, -0.2) is 34.2 Å². The van der Waals surface area contributed by atoms with Crippen molar-refractivity contribution in [1.29, 1.82) is 0 Å². The number of aliphatic hydroxyl groups excluding tert-OH is 2. The molecule has 5 atom stereocenters. The summed E-state index contributed by atoms with van der Waals surface area (Å²) in [7, 11) is 0. The van der Waals surface area contributed by atoms with Crippen LogP contribution in [0.3, 0.4) is 0 Å². The minimum absolute atomic E-state index is 0.106. The number of hydrogen-bond donors (Lipinski definition) is 3. The smallest absolute Gasteiger partial charge is 0.226 e. The van der Waals surface area contributed by atoms with Gasteiger partial charge in [0.1, 0.15) is 0 Å². The van der Waals surface area contributed by atoms with E-state index < -0.39 is 12.2 Å². The maximum atomic E-state index is 11.3. The molecule has 0 aromatic carbocycles. The molecule has 5 heteroatoms. The molecule has 1 aliphatic carbocycles. The van der Waals surface area contributed by atoms with Gasteiger partial charge in [-0.3, -0.25) is 14.9 Å². The number of nitrogens with one attached hydrogen (secondary N) is 1. The standard InChI is InChI=1S/C15H25NO4/c1-8-3-9(2)15(20)11(4-8)12(17)5-10-6-13(18)16-14(19)7-10/h8-12,15,17,20H,3-7H2,1-2H3,(H,16,18,19). The molecule has 3 N–H and O–H groups in total. The van der Waals surface area contributed by atoms with Crippen LogP contribution < -0.4 is 5.32 Å². The van der Waals surface area contributed by atoms with Crippen LogP contribution in [0.1, 0.15) is 46.0 Å². The van der Waals surface area contributed by atoms with E-state index in [1.54, 1.807) is 0 Å². The lowest BCUT2D eigenvalue weighted by molar-refractivity contribution is -0.135. The summed E-state index contributed by atoms with van der Waals surface area (Å²) in [6.07, 6.45) is 1.65. The Morgan fingerprint density at radius 3 is 2.40 bits per heavy atom. The number of imide groups is 1. The molecule has 1 saturated heterocycles. The van der Waals surface area contributed by atoms with Crippen LogP contribution in [0.5, 0.6) is 0 Å². The van der Waals surface area contributed by atoms with Crippen molar-refractivity contribution < 1.29 is 19.8 Å². The van der Waals surface area contributed by atoms with Crippen LogP contribution >= 0.6 is 0 Å². The average molecular weight is 283 g/mol. The van der Waals surface area contributed by atoms with Gasteiger partial charge in [-0.05, 0) is 37.0 Å². The van der Waals surface area contributed by atoms with Gasteiger partial charge in [-0.1, -0.05) is 13.8 Å². The van der Waals surface area contributed by atoms with Crippen molar-refractivity contribution in [1.82, 2.24) is 5.32 Å². The van der Waals surface area contributed by atoms with Gasteiger partial charge in [0.25, 0.3) is 0 Å². The number of aliphatic hydroxyl groups is 2. The molecule has 114 valence electrons. The van der Waals surface area contributed by atoms with E-state index in [1.165, 1.54) is 0 Å². The molecule has 5 unspecified atom stereocenters. The van der Waals surface area contributed by atoms with Gasteiger partial charge in [0.05, 0.1) is 12.2 Å². The van der Waals surface area contributed by atoms with Gasteiger partial charge in [0.2, 0.25) is 11.8 Å². The van der Waals surface area contributed by atoms with Crippen LogP contribution in [0.4, 0.5) is 0 Å². The quantitative estimate of drug-likeness (QED) is 0.670. The molecule has 0 radical (unpaired) electrons. The van der Waals surface area contributed by atoms with E-state index in [4.69, 9.17) is 0 Å². The lowest BCUT2D eigenvalue weighted by atomic mass is 9.70. The number of carbonyl (C=O) groups is 2. The second-order valence-corrected chi connectivity index (χ2v) is 6.76. The van der Waals surface area contributed by atoms with E-state index in [0.717, 1.165) is 12.8 Å². The molecule has 1 heterocycles. The minimum atomic E-state index is -0.640. The zero-order chi connectivity index (χ0) is 14.9. The summed E-state index contributed by atoms with van der Waals surface area (Å²) in [5.74, 6) is -0.0902. The Bertz CT molecular complexity index is 368. The Kier molecular flexibility index (Phi) is 4.81. The third kappa shape index (κ3) is 3.58. The number of amides is 2. The fourth-order valence-corrected chi connectivity index (χ4v) is 3.82. The summed E-state index contributed by atoms with van der Waals surface area (Å²) >= 11 is 0. The largest absolute Gasteiger partial charge is 0.393 e. The molecule has 0 aromatic heterocycles. The number of hydrogen-bond acceptors (Lipinski definition) is 4. The van der Waals surface area contributed by atoms with Gasteiger partial charge in [-0.25, -0.2) is 0 Å². The predicted octanol–water partition coefficient (Wildman–Crippen LogP) is 0.833. The van der Waals surface area contributed by atoms with E-state index in [-0.39, 0.29) is 42.4 Å². The third-order valence-corrected chi connectivity index (χ3v) is 4.77. The molecule has 2 fully saturated rings. The fourth-order valence-electron chi connectivity index (χ4n) is 3.82. The first-order chi connectivity index (χ1) is 9.36. The Morgan fingerprint density at radius 1 is 1.20 bits per heavy atom. The van der Waals surface area contributed by atoms with Gasteiger partial charge < -0.3 is 10.2 Å². The van der Waals surface area contributed by atoms with Crippen molar-refractivity contribution in [2.24, 2.45) is 23.7 Å². The van der Waals surface area contributed by atoms with Crippen LogP contribution in [0.25, 0.3) is 0 Å². The van der Waals surface area contributed by atoms with Crippen molar-refractivity contribution in [3.8, 4) is 0 Å². The molecular formula is C15H25NO4. The van der Waals surface area contributed by atoms with Crippen molar-refractivity contribution in [2.75, 3.05) is 0 Å². The van der Waals surface area contributed by atoms with Gasteiger partial charge in [-0.2, -0.15) is 0 Å². The topological polar surface area (TPSA) is 86.6 Å². The summed E-state index contributed by atoms with van der Waals surface area (Å²) < 4.78 is 0. The summed E-state index contributed by atoms with van der Waals surface area (Å²) in [6, 6.07) is 0. The van der Waals surface area contributed by atoms with Crippen molar-refractivity contribution in [2.45, 2.75) is 58.2 Å². The van der Waals surface area contributed by atoms with E-state index >= 15 is 0 Å². The SMILES string of the molecule is CC1CC(C)C(O)C(C(O)CC2CC(=O)NC(=O)C2)C1. The van der Waals surface area contributed by atoms with Gasteiger partial charge in [0, 0.05) is 18.8 Å². The zero-order valence-corrected chi connectivity index (χ0v) is 12.2. The molecule has 0 aromatic rings. The molecule has 1 aliphatic heterocycles. The second-order valence-electron chi connectivity index (χ2n) is 6.76. The maximum Gasteiger partial charge on any atom is 0.226 e. The van der Waals surface area contributed by atoms with Gasteiger partial charge in [0.15, 0.2) is 0 Å². The highest BCUT2D eigenvalue weighted by molar-refractivity contribution is 5.97. The van der Waals surface area contributed by atoms with E-state index in [0.29, 0.717) is 12.3 Å². The number of piperidine rings is 1. The highest BCUT2D eigenvalue weighted by Gasteiger charge is 2.38. The third-order valence-electron chi connectivity index (χ3n) is 4.77. The van der Waals surface area contributed by atoms with Crippen LogP contribution in [0, 0.1) is 23.7 Å². The Labute approximate surface area is 119 Å². The first-order valence-electron chi connectivity index (χ1n) is 7.55. The maximum absolute atomic E-state index is 11.3. The first-order valence-corrected chi connectivity index (χ1v) is 7.55. The van der Waals surface area contributed by atoms with Crippen molar-refractivity contribution in [3.05, 3.63) is 0 Å². The molecule has 2 rings (SSSR count). The first kappa shape index (κ1) is 15.4. The van der Waals surface area contributed by atoms with Crippen LogP contribution in [-0.2, 0) is 9.59 Å². The lowest BCUT2D eigenvalue weighted by Gasteiger charge is -2.40. The number of carbonyl (C=O) groups excluding carboxylic acids is 2. The summed E-state index contributed by atoms with van der Waals surface area (Å²) in [6.45, 7) is 4.15. The number of rotatable bonds is 3. The van der Waals surface area contributed by atoms with Gasteiger partial charge >= 0.3 is 0 Å². The second kappa shape index (κ2) is 6.22. The molecule has 0 spiro atoms. The predicted molar refractivity (Wildman–Crippen MR) is 73.6 cm³/mol. The molecule has 5 nitrogen and oxygen atoms in total. The van der Waals surface area contributed by atoms with Crippen LogP contribution in [0.15, 0.2) is 0 Å². The normalized spacial score (nSPS) is 37.6. The zero-order valence-electron chi connectivity index (χ0n) is 12.2. The van der Waals surface area contributed by atoms with E-state index in [2.05, 4.69) is 12.2 Å². The van der Waals surface area contributed by atoms with E-state index in [9.17, 15) is 19.8 Å². The molecule has 0 bridgehead atoms. The van der Waals surface area contributed by atoms with E-state index in [1.807, 2.05) is 6.92 Å². The van der Waals surface area contributed by atoms with Gasteiger partial charge in [-0.15, -0.1) is 0 Å². The Morgan fingerprint density at radius 2 is 1.80 bits per heavy atom. The summed E-state index contributed by atoms with van der Waals surface area (Å²) in [4.78, 5) is 22.7. The van der Waals surface area contributed by atoms with Crippen molar-refractivity contribution in [3.63, 3.8) is 0 Å². The highest BCUT2D eigenvalue weighted by atomic mass is 16.3. The Hall–Kier alpha value is -0.940. The fraction of sp³-hybridized carbons (Fsp3) is 0.867. The molecular weight excluding hydrogens is 258 g/mol. The average Bonchev–Trinajstić information content (AvgIpc) is 2.32. The van der Waals surface area contributed by atoms with Crippen molar-refractivity contribution >= 4 is 11.8 Å². The van der Waals surface area contributed by atoms with Crippen LogP contribution in [0.2, 0.25) is 0 Å². The molecule has 20 heavy (non-hydrogen) atoms. The summed E-state index contributed by atoms with van der Waals surface area (Å²) in [5.41, 5.74) is 0. The molecule has 1 saturated carbocycles. The highest BCUT2D eigenvalue weighted by Crippen LogP contribution is 2.37.